The molecule has 0 aliphatic carbocycles. The lowest BCUT2D eigenvalue weighted by Gasteiger charge is -2.14. The topological polar surface area (TPSA) is 61.4 Å². The summed E-state index contributed by atoms with van der Waals surface area (Å²) in [6.45, 7) is 2.63. The summed E-state index contributed by atoms with van der Waals surface area (Å²) in [4.78, 5) is 26.5. The molecule has 2 aromatic heterocycles. The third-order valence-corrected chi connectivity index (χ3v) is 6.26. The molecule has 3 aromatic carbocycles. The fraction of sp³-hybridized carbons (Fsp3) is 0.308. The van der Waals surface area contributed by atoms with Crippen molar-refractivity contribution in [1.82, 2.24) is 4.57 Å². The molecule has 0 spiro atoms. The Kier molecular flexibility index (Phi) is 4.89. The highest BCUT2D eigenvalue weighted by Gasteiger charge is 2.19. The second-order valence-electron chi connectivity index (χ2n) is 8.16. The van der Waals surface area contributed by atoms with Gasteiger partial charge >= 0.3 is 0 Å². The highest BCUT2D eigenvalue weighted by atomic mass is 16.5. The molecular formula is C26H25NO4. The van der Waals surface area contributed by atoms with E-state index in [4.69, 9.17) is 9.15 Å². The van der Waals surface area contributed by atoms with Crippen LogP contribution in [0.25, 0.3) is 43.5 Å². The molecule has 0 unspecified atom stereocenters. The molecule has 5 nitrogen and oxygen atoms in total. The van der Waals surface area contributed by atoms with Crippen molar-refractivity contribution in [2.75, 3.05) is 7.11 Å². The van der Waals surface area contributed by atoms with E-state index >= 15 is 0 Å². The number of rotatable bonds is 7. The summed E-state index contributed by atoms with van der Waals surface area (Å²) in [5.74, 6) is 0.729. The van der Waals surface area contributed by atoms with Crippen LogP contribution in [0.4, 0.5) is 0 Å². The van der Waals surface area contributed by atoms with Crippen molar-refractivity contribution in [1.29, 1.82) is 0 Å². The number of hydrogen-bond donors (Lipinski definition) is 0. The van der Waals surface area contributed by atoms with Crippen LogP contribution in [-0.2, 0) is 6.54 Å². The van der Waals surface area contributed by atoms with Crippen LogP contribution >= 0.6 is 0 Å². The van der Waals surface area contributed by atoms with Gasteiger partial charge < -0.3 is 9.15 Å². The van der Waals surface area contributed by atoms with Gasteiger partial charge in [-0.05, 0) is 48.2 Å². The Hall–Kier alpha value is -3.34. The van der Waals surface area contributed by atoms with Crippen molar-refractivity contribution in [2.45, 2.75) is 45.6 Å². The van der Waals surface area contributed by atoms with Gasteiger partial charge in [0.25, 0.3) is 11.1 Å². The van der Waals surface area contributed by atoms with Gasteiger partial charge in [0.1, 0.15) is 16.9 Å². The van der Waals surface area contributed by atoms with Gasteiger partial charge in [0.2, 0.25) is 0 Å². The van der Waals surface area contributed by atoms with Crippen LogP contribution in [0.1, 0.15) is 39.0 Å². The number of benzene rings is 3. The van der Waals surface area contributed by atoms with E-state index in [0.717, 1.165) is 46.8 Å². The number of nitrogens with zero attached hydrogens (tertiary/aromatic N) is 1. The minimum absolute atomic E-state index is 0.215. The quantitative estimate of drug-likeness (QED) is 0.191. The van der Waals surface area contributed by atoms with Gasteiger partial charge in [0.05, 0.1) is 7.11 Å². The largest absolute Gasteiger partial charge is 0.497 e. The first kappa shape index (κ1) is 19.6. The van der Waals surface area contributed by atoms with Crippen LogP contribution in [0, 0.1) is 0 Å². The van der Waals surface area contributed by atoms with Gasteiger partial charge in [0.15, 0.2) is 0 Å². The van der Waals surface area contributed by atoms with E-state index in [-0.39, 0.29) is 11.1 Å². The van der Waals surface area contributed by atoms with E-state index in [2.05, 4.69) is 6.92 Å². The van der Waals surface area contributed by atoms with Crippen LogP contribution in [0.2, 0.25) is 0 Å². The summed E-state index contributed by atoms with van der Waals surface area (Å²) in [5, 5.41) is 4.50. The molecule has 0 saturated carbocycles. The van der Waals surface area contributed by atoms with Gasteiger partial charge in [-0.3, -0.25) is 14.2 Å². The van der Waals surface area contributed by atoms with Crippen LogP contribution in [0.3, 0.4) is 0 Å². The van der Waals surface area contributed by atoms with Crippen molar-refractivity contribution in [3.8, 4) is 5.75 Å². The van der Waals surface area contributed by atoms with E-state index in [0.29, 0.717) is 28.3 Å². The van der Waals surface area contributed by atoms with E-state index in [1.165, 1.54) is 17.4 Å². The summed E-state index contributed by atoms with van der Waals surface area (Å²) in [5.41, 5.74) is 0.974. The van der Waals surface area contributed by atoms with Crippen molar-refractivity contribution >= 4 is 43.5 Å². The monoisotopic (exact) mass is 415 g/mol. The smallest absolute Gasteiger partial charge is 0.261 e. The van der Waals surface area contributed by atoms with E-state index in [1.54, 1.807) is 13.2 Å². The third-order valence-electron chi connectivity index (χ3n) is 6.26. The third kappa shape index (κ3) is 3.07. The lowest BCUT2D eigenvalue weighted by atomic mass is 9.96. The Balaban J connectivity index is 1.76. The number of hydrogen-bond acceptors (Lipinski definition) is 4. The fourth-order valence-electron chi connectivity index (χ4n) is 4.64. The number of ether oxygens (including phenoxy) is 1. The van der Waals surface area contributed by atoms with Gasteiger partial charge in [-0.1, -0.05) is 38.7 Å². The molecule has 5 heteroatoms. The first-order valence-corrected chi connectivity index (χ1v) is 11.0. The lowest BCUT2D eigenvalue weighted by molar-refractivity contribution is 0.415. The first-order chi connectivity index (χ1) is 15.1. The predicted molar refractivity (Wildman–Crippen MR) is 126 cm³/mol. The van der Waals surface area contributed by atoms with Crippen molar-refractivity contribution < 1.29 is 9.15 Å². The second kappa shape index (κ2) is 7.73. The number of methoxy groups -OCH3 is 1. The zero-order valence-corrected chi connectivity index (χ0v) is 17.9. The van der Waals surface area contributed by atoms with Gasteiger partial charge in [-0.25, -0.2) is 0 Å². The number of aromatic nitrogens is 1. The minimum Gasteiger partial charge on any atom is -0.497 e. The van der Waals surface area contributed by atoms with Gasteiger partial charge in [0, 0.05) is 33.5 Å². The summed E-state index contributed by atoms with van der Waals surface area (Å²) in [6, 6.07) is 13.1. The fourth-order valence-corrected chi connectivity index (χ4v) is 4.64. The molecule has 0 saturated heterocycles. The summed E-state index contributed by atoms with van der Waals surface area (Å²) >= 11 is 0. The maximum Gasteiger partial charge on any atom is 0.261 e. The molecule has 0 aliphatic rings. The maximum absolute atomic E-state index is 13.3. The molecule has 158 valence electrons. The Morgan fingerprint density at radius 2 is 1.45 bits per heavy atom. The predicted octanol–water partition coefficient (Wildman–Crippen LogP) is 5.83. The molecular weight excluding hydrogens is 390 g/mol. The van der Waals surface area contributed by atoms with Crippen LogP contribution in [0.15, 0.2) is 56.5 Å². The zero-order valence-electron chi connectivity index (χ0n) is 17.9. The summed E-state index contributed by atoms with van der Waals surface area (Å²) < 4.78 is 12.9. The van der Waals surface area contributed by atoms with Crippen molar-refractivity contribution in [3.63, 3.8) is 0 Å². The van der Waals surface area contributed by atoms with Gasteiger partial charge in [-0.2, -0.15) is 0 Å². The molecule has 5 rings (SSSR count). The summed E-state index contributed by atoms with van der Waals surface area (Å²) in [7, 11) is 1.63. The molecule has 0 atom stereocenters. The Morgan fingerprint density at radius 1 is 0.774 bits per heavy atom. The number of pyridine rings is 1. The highest BCUT2D eigenvalue weighted by Crippen LogP contribution is 2.37. The molecule has 0 N–H and O–H groups in total. The lowest BCUT2D eigenvalue weighted by Crippen LogP contribution is -2.33. The molecule has 0 aliphatic heterocycles. The van der Waals surface area contributed by atoms with Crippen molar-refractivity contribution in [2.24, 2.45) is 0 Å². The molecule has 31 heavy (non-hydrogen) atoms. The van der Waals surface area contributed by atoms with Crippen LogP contribution in [0.5, 0.6) is 5.75 Å². The Labute approximate surface area is 179 Å². The summed E-state index contributed by atoms with van der Waals surface area (Å²) in [6.07, 6.45) is 5.34. The first-order valence-electron chi connectivity index (χ1n) is 11.0. The molecule has 0 amide bonds. The normalized spacial score (nSPS) is 11.9. The molecule has 2 heterocycles. The Morgan fingerprint density at radius 3 is 2.19 bits per heavy atom. The van der Waals surface area contributed by atoms with Gasteiger partial charge in [-0.15, -0.1) is 0 Å². The SMILES string of the molecule is CCCCCCCn1c(=O)c2ccc3oc4ccc(OC)cc4c4ccc(c1=O)c2c34. The van der Waals surface area contributed by atoms with Crippen LogP contribution in [-0.4, -0.2) is 11.7 Å². The zero-order chi connectivity index (χ0) is 21.5. The minimum atomic E-state index is -0.215. The average Bonchev–Trinajstić information content (AvgIpc) is 2.80. The molecule has 5 aromatic rings. The maximum atomic E-state index is 13.3. The second-order valence-corrected chi connectivity index (χ2v) is 8.16. The van der Waals surface area contributed by atoms with E-state index in [1.807, 2.05) is 36.4 Å². The van der Waals surface area contributed by atoms with Crippen molar-refractivity contribution in [3.05, 3.63) is 63.2 Å². The standard InChI is InChI=1S/C26H25NO4/c1-3-4-5-6-7-14-27-25(28)18-10-9-17-20-15-16(30-2)8-12-21(20)31-22-13-11-19(26(27)29)23(18)24(17)22/h8-13,15H,3-7,14H2,1-2H3. The van der Waals surface area contributed by atoms with E-state index < -0.39 is 0 Å². The number of unbranched alkanes of at least 4 members (excludes halogenated alkanes) is 4. The Bertz CT molecular complexity index is 1490. The van der Waals surface area contributed by atoms with E-state index in [9.17, 15) is 9.59 Å². The average molecular weight is 415 g/mol. The molecule has 0 radical (unpaired) electrons. The molecule has 0 bridgehead atoms. The number of fused-ring (bicyclic) bond motifs is 2. The molecule has 0 fully saturated rings. The highest BCUT2D eigenvalue weighted by molar-refractivity contribution is 6.26. The van der Waals surface area contributed by atoms with Crippen LogP contribution < -0.4 is 15.9 Å².